The minimum atomic E-state index is -0.412. The number of hydrogen-bond acceptors (Lipinski definition) is 3. The van der Waals surface area contributed by atoms with Crippen molar-refractivity contribution in [3.8, 4) is 5.75 Å². The van der Waals surface area contributed by atoms with Gasteiger partial charge in [0.05, 0.1) is 7.11 Å². The van der Waals surface area contributed by atoms with Gasteiger partial charge in [0, 0.05) is 17.5 Å². The van der Waals surface area contributed by atoms with E-state index in [0.717, 1.165) is 35.3 Å². The molecule has 1 aliphatic carbocycles. The Balaban J connectivity index is 2.34. The lowest BCUT2D eigenvalue weighted by Crippen LogP contribution is -2.30. The van der Waals surface area contributed by atoms with E-state index >= 15 is 0 Å². The summed E-state index contributed by atoms with van der Waals surface area (Å²) in [7, 11) is 1.64. The second kappa shape index (κ2) is 5.63. The van der Waals surface area contributed by atoms with Crippen LogP contribution >= 0.6 is 11.6 Å². The maximum absolute atomic E-state index is 10.9. The standard InChI is InChI=1S/C14H17ClN2O2/c1-19-9-3-5-10-8(6-9)2-4-11(14(10)15)12(16)7-13(17)18/h3,5-6,12H,2,4,7,16H2,1H3,(H2,17,18). The molecule has 0 radical (unpaired) electrons. The number of carbonyl (C=O) groups excluding carboxylic acids is 1. The lowest BCUT2D eigenvalue weighted by atomic mass is 9.87. The number of ether oxygens (including phenoxy) is 1. The summed E-state index contributed by atoms with van der Waals surface area (Å²) >= 11 is 6.39. The number of rotatable bonds is 4. The first-order valence-electron chi connectivity index (χ1n) is 6.12. The molecule has 0 spiro atoms. The van der Waals surface area contributed by atoms with Crippen LogP contribution in [-0.2, 0) is 11.2 Å². The van der Waals surface area contributed by atoms with Gasteiger partial charge in [-0.1, -0.05) is 11.6 Å². The molecule has 0 saturated carbocycles. The highest BCUT2D eigenvalue weighted by atomic mass is 35.5. The molecule has 1 aromatic carbocycles. The van der Waals surface area contributed by atoms with Crippen molar-refractivity contribution >= 4 is 22.5 Å². The molecule has 1 aliphatic rings. The largest absolute Gasteiger partial charge is 0.497 e. The SMILES string of the molecule is COc1ccc2c(c1)CCC(C(N)CC(N)=O)=C2Cl. The van der Waals surface area contributed by atoms with Crippen molar-refractivity contribution in [2.24, 2.45) is 11.5 Å². The molecule has 1 amide bonds. The Morgan fingerprint density at radius 3 is 2.84 bits per heavy atom. The molecule has 19 heavy (non-hydrogen) atoms. The van der Waals surface area contributed by atoms with Gasteiger partial charge in [0.1, 0.15) is 5.75 Å². The fraction of sp³-hybridized carbons (Fsp3) is 0.357. The number of methoxy groups -OCH3 is 1. The van der Waals surface area contributed by atoms with Gasteiger partial charge in [-0.2, -0.15) is 0 Å². The van der Waals surface area contributed by atoms with E-state index in [2.05, 4.69) is 0 Å². The van der Waals surface area contributed by atoms with Gasteiger partial charge in [-0.25, -0.2) is 0 Å². The van der Waals surface area contributed by atoms with Gasteiger partial charge < -0.3 is 16.2 Å². The normalized spacial score (nSPS) is 15.9. The van der Waals surface area contributed by atoms with E-state index in [1.807, 2.05) is 18.2 Å². The number of amides is 1. The Kier molecular flexibility index (Phi) is 4.12. The number of halogens is 1. The van der Waals surface area contributed by atoms with Gasteiger partial charge in [-0.15, -0.1) is 0 Å². The molecule has 1 atom stereocenters. The summed E-state index contributed by atoms with van der Waals surface area (Å²) < 4.78 is 5.20. The highest BCUT2D eigenvalue weighted by Crippen LogP contribution is 2.37. The smallest absolute Gasteiger partial charge is 0.219 e. The predicted octanol–water partition coefficient (Wildman–Crippen LogP) is 1.79. The number of carbonyl (C=O) groups is 1. The highest BCUT2D eigenvalue weighted by molar-refractivity contribution is 6.49. The van der Waals surface area contributed by atoms with Crippen LogP contribution < -0.4 is 16.2 Å². The van der Waals surface area contributed by atoms with Crippen LogP contribution in [0, 0.1) is 0 Å². The average molecular weight is 281 g/mol. The summed E-state index contributed by atoms with van der Waals surface area (Å²) in [5, 5.41) is 0.637. The van der Waals surface area contributed by atoms with Crippen molar-refractivity contribution in [2.75, 3.05) is 7.11 Å². The van der Waals surface area contributed by atoms with Crippen molar-refractivity contribution in [1.29, 1.82) is 0 Å². The third-order valence-corrected chi connectivity index (χ3v) is 3.81. The number of nitrogens with two attached hydrogens (primary N) is 2. The summed E-state index contributed by atoms with van der Waals surface area (Å²) in [5.41, 5.74) is 14.2. The van der Waals surface area contributed by atoms with E-state index in [-0.39, 0.29) is 6.42 Å². The molecule has 2 rings (SSSR count). The number of fused-ring (bicyclic) bond motifs is 1. The van der Waals surface area contributed by atoms with Crippen molar-refractivity contribution < 1.29 is 9.53 Å². The van der Waals surface area contributed by atoms with Crippen LogP contribution in [0.3, 0.4) is 0 Å². The summed E-state index contributed by atoms with van der Waals surface area (Å²) in [6, 6.07) is 5.37. The number of hydrogen-bond donors (Lipinski definition) is 2. The first-order chi connectivity index (χ1) is 9.02. The van der Waals surface area contributed by atoms with E-state index in [1.165, 1.54) is 0 Å². The maximum Gasteiger partial charge on any atom is 0.219 e. The zero-order valence-electron chi connectivity index (χ0n) is 10.8. The second-order valence-corrected chi connectivity index (χ2v) is 5.02. The molecule has 102 valence electrons. The summed E-state index contributed by atoms with van der Waals surface area (Å²) in [4.78, 5) is 10.9. The molecule has 0 saturated heterocycles. The Morgan fingerprint density at radius 2 is 2.21 bits per heavy atom. The van der Waals surface area contributed by atoms with Crippen LogP contribution in [0.25, 0.3) is 5.03 Å². The number of benzene rings is 1. The lowest BCUT2D eigenvalue weighted by molar-refractivity contribution is -0.118. The quantitative estimate of drug-likeness (QED) is 0.883. The Morgan fingerprint density at radius 1 is 1.47 bits per heavy atom. The van der Waals surface area contributed by atoms with Crippen LogP contribution in [-0.4, -0.2) is 19.1 Å². The molecular weight excluding hydrogens is 264 g/mol. The molecule has 4 nitrogen and oxygen atoms in total. The van der Waals surface area contributed by atoms with E-state index in [1.54, 1.807) is 7.11 Å². The van der Waals surface area contributed by atoms with Crippen molar-refractivity contribution in [3.63, 3.8) is 0 Å². The van der Waals surface area contributed by atoms with Gasteiger partial charge in [0.15, 0.2) is 0 Å². The maximum atomic E-state index is 10.9. The first kappa shape index (κ1) is 13.9. The number of primary amides is 1. The van der Waals surface area contributed by atoms with Gasteiger partial charge in [0.25, 0.3) is 0 Å². The first-order valence-corrected chi connectivity index (χ1v) is 6.50. The predicted molar refractivity (Wildman–Crippen MR) is 75.9 cm³/mol. The highest BCUT2D eigenvalue weighted by Gasteiger charge is 2.23. The Bertz CT molecular complexity index is 540. The summed E-state index contributed by atoms with van der Waals surface area (Å²) in [6.45, 7) is 0. The van der Waals surface area contributed by atoms with Crippen LogP contribution in [0.5, 0.6) is 5.75 Å². The molecule has 4 N–H and O–H groups in total. The Hall–Kier alpha value is -1.52. The molecule has 0 aliphatic heterocycles. The zero-order valence-corrected chi connectivity index (χ0v) is 11.5. The molecule has 0 heterocycles. The number of aryl methyl sites for hydroxylation is 1. The van der Waals surface area contributed by atoms with Crippen LogP contribution in [0.15, 0.2) is 23.8 Å². The third-order valence-electron chi connectivity index (χ3n) is 3.36. The molecule has 0 aromatic heterocycles. The van der Waals surface area contributed by atoms with Crippen LogP contribution in [0.2, 0.25) is 0 Å². The molecule has 1 aromatic rings. The van der Waals surface area contributed by atoms with Gasteiger partial charge in [-0.05, 0) is 47.7 Å². The second-order valence-electron chi connectivity index (χ2n) is 4.64. The van der Waals surface area contributed by atoms with Crippen LogP contribution in [0.4, 0.5) is 0 Å². The topological polar surface area (TPSA) is 78.3 Å². The van der Waals surface area contributed by atoms with E-state index < -0.39 is 11.9 Å². The summed E-state index contributed by atoms with van der Waals surface area (Å²) in [6.07, 6.45) is 1.70. The minimum Gasteiger partial charge on any atom is -0.497 e. The van der Waals surface area contributed by atoms with Crippen molar-refractivity contribution in [1.82, 2.24) is 0 Å². The van der Waals surface area contributed by atoms with Gasteiger partial charge >= 0.3 is 0 Å². The van der Waals surface area contributed by atoms with Crippen molar-refractivity contribution in [2.45, 2.75) is 25.3 Å². The molecule has 0 bridgehead atoms. The van der Waals surface area contributed by atoms with Crippen molar-refractivity contribution in [3.05, 3.63) is 34.9 Å². The molecule has 0 fully saturated rings. The van der Waals surface area contributed by atoms with E-state index in [4.69, 9.17) is 27.8 Å². The van der Waals surface area contributed by atoms with Gasteiger partial charge in [-0.3, -0.25) is 4.79 Å². The Labute approximate surface area is 117 Å². The average Bonchev–Trinajstić information content (AvgIpc) is 2.37. The molecule has 1 unspecified atom stereocenters. The van der Waals surface area contributed by atoms with E-state index in [9.17, 15) is 4.79 Å². The summed E-state index contributed by atoms with van der Waals surface area (Å²) in [5.74, 6) is 0.401. The van der Waals surface area contributed by atoms with E-state index in [0.29, 0.717) is 5.03 Å². The zero-order chi connectivity index (χ0) is 14.0. The third kappa shape index (κ3) is 2.91. The van der Waals surface area contributed by atoms with Crippen LogP contribution in [0.1, 0.15) is 24.0 Å². The van der Waals surface area contributed by atoms with Gasteiger partial charge in [0.2, 0.25) is 5.91 Å². The lowest BCUT2D eigenvalue weighted by Gasteiger charge is -2.24. The monoisotopic (exact) mass is 280 g/mol. The molecule has 5 heteroatoms. The fourth-order valence-corrected chi connectivity index (χ4v) is 2.78. The minimum absolute atomic E-state index is 0.122. The fourth-order valence-electron chi connectivity index (χ4n) is 2.36. The molecular formula is C14H17ClN2O2.